The van der Waals surface area contributed by atoms with Crippen molar-refractivity contribution in [2.75, 3.05) is 18.0 Å². The Balaban J connectivity index is 2.28. The van der Waals surface area contributed by atoms with E-state index in [4.69, 9.17) is 0 Å². The number of hydrogen-bond donors (Lipinski definition) is 1. The van der Waals surface area contributed by atoms with E-state index in [1.807, 2.05) is 0 Å². The summed E-state index contributed by atoms with van der Waals surface area (Å²) >= 11 is 3.62. The molecular formula is C17H27BrN2. The maximum absolute atomic E-state index is 3.62. The van der Waals surface area contributed by atoms with Crippen LogP contribution in [0.4, 0.5) is 5.69 Å². The molecule has 2 rings (SSSR count). The maximum Gasteiger partial charge on any atom is 0.0417 e. The van der Waals surface area contributed by atoms with Crippen LogP contribution >= 0.6 is 15.9 Å². The van der Waals surface area contributed by atoms with Gasteiger partial charge in [-0.15, -0.1) is 0 Å². The second-order valence-corrected chi connectivity index (χ2v) is 7.14. The third-order valence-corrected chi connectivity index (χ3v) is 4.74. The number of anilines is 1. The van der Waals surface area contributed by atoms with Crippen molar-refractivity contribution < 1.29 is 0 Å². The van der Waals surface area contributed by atoms with E-state index in [0.29, 0.717) is 12.1 Å². The summed E-state index contributed by atoms with van der Waals surface area (Å²) in [7, 11) is 0. The minimum atomic E-state index is 0.394. The second-order valence-electron chi connectivity index (χ2n) is 6.22. The Labute approximate surface area is 132 Å². The lowest BCUT2D eigenvalue weighted by atomic mass is 10.0. The molecule has 1 fully saturated rings. The highest BCUT2D eigenvalue weighted by molar-refractivity contribution is 9.10. The standard InChI is InChI=1S/C17H27BrN2/c1-5-8-19-14(4)16-10-15(18)6-7-17(16)20-11-12(2)9-13(20)3/h6-7,10,12-14,19H,5,8-9,11H2,1-4H3. The molecule has 0 aliphatic carbocycles. The lowest BCUT2D eigenvalue weighted by molar-refractivity contribution is 0.568. The average Bonchev–Trinajstić information content (AvgIpc) is 2.74. The second kappa shape index (κ2) is 6.95. The molecule has 1 aliphatic heterocycles. The van der Waals surface area contributed by atoms with E-state index in [0.717, 1.165) is 12.5 Å². The zero-order chi connectivity index (χ0) is 14.7. The van der Waals surface area contributed by atoms with Crippen molar-refractivity contribution >= 4 is 21.6 Å². The van der Waals surface area contributed by atoms with Gasteiger partial charge in [0.1, 0.15) is 0 Å². The van der Waals surface area contributed by atoms with Crippen LogP contribution < -0.4 is 10.2 Å². The zero-order valence-electron chi connectivity index (χ0n) is 13.1. The quantitative estimate of drug-likeness (QED) is 0.833. The molecule has 1 aromatic carbocycles. The van der Waals surface area contributed by atoms with Crippen molar-refractivity contribution in [2.45, 2.75) is 52.6 Å². The molecule has 1 aromatic rings. The Morgan fingerprint density at radius 3 is 2.75 bits per heavy atom. The van der Waals surface area contributed by atoms with Crippen molar-refractivity contribution in [3.8, 4) is 0 Å². The number of hydrogen-bond acceptors (Lipinski definition) is 2. The predicted molar refractivity (Wildman–Crippen MR) is 91.4 cm³/mol. The highest BCUT2D eigenvalue weighted by Crippen LogP contribution is 2.35. The van der Waals surface area contributed by atoms with Crippen LogP contribution in [-0.4, -0.2) is 19.1 Å². The zero-order valence-corrected chi connectivity index (χ0v) is 14.7. The lowest BCUT2D eigenvalue weighted by Crippen LogP contribution is -2.29. The van der Waals surface area contributed by atoms with E-state index >= 15 is 0 Å². The fourth-order valence-corrected chi connectivity index (χ4v) is 3.62. The van der Waals surface area contributed by atoms with Gasteiger partial charge >= 0.3 is 0 Å². The predicted octanol–water partition coefficient (Wildman–Crippen LogP) is 4.74. The Morgan fingerprint density at radius 1 is 1.40 bits per heavy atom. The van der Waals surface area contributed by atoms with Gasteiger partial charge < -0.3 is 10.2 Å². The van der Waals surface area contributed by atoms with Crippen molar-refractivity contribution in [3.05, 3.63) is 28.2 Å². The summed E-state index contributed by atoms with van der Waals surface area (Å²) in [5, 5.41) is 3.62. The molecule has 20 heavy (non-hydrogen) atoms. The summed E-state index contributed by atoms with van der Waals surface area (Å²) in [5.74, 6) is 0.792. The van der Waals surface area contributed by atoms with Crippen LogP contribution in [-0.2, 0) is 0 Å². The molecule has 3 heteroatoms. The molecular weight excluding hydrogens is 312 g/mol. The Bertz CT molecular complexity index is 447. The maximum atomic E-state index is 3.62. The fraction of sp³-hybridized carbons (Fsp3) is 0.647. The topological polar surface area (TPSA) is 15.3 Å². The van der Waals surface area contributed by atoms with Gasteiger partial charge in [-0.3, -0.25) is 0 Å². The first-order chi connectivity index (χ1) is 9.52. The molecule has 0 amide bonds. The highest BCUT2D eigenvalue weighted by Gasteiger charge is 2.28. The summed E-state index contributed by atoms with van der Waals surface area (Å²) in [5.41, 5.74) is 2.81. The monoisotopic (exact) mass is 338 g/mol. The minimum absolute atomic E-state index is 0.394. The van der Waals surface area contributed by atoms with Gasteiger partial charge in [0, 0.05) is 28.8 Å². The fourth-order valence-electron chi connectivity index (χ4n) is 3.24. The normalized spacial score (nSPS) is 24.1. The molecule has 1 N–H and O–H groups in total. The van der Waals surface area contributed by atoms with Gasteiger partial charge in [-0.2, -0.15) is 0 Å². The molecule has 1 saturated heterocycles. The summed E-state index contributed by atoms with van der Waals surface area (Å²) in [6.45, 7) is 11.4. The van der Waals surface area contributed by atoms with Crippen molar-refractivity contribution in [1.29, 1.82) is 0 Å². The van der Waals surface area contributed by atoms with E-state index < -0.39 is 0 Å². The number of nitrogens with one attached hydrogen (secondary N) is 1. The van der Waals surface area contributed by atoms with E-state index in [1.165, 1.54) is 35.1 Å². The van der Waals surface area contributed by atoms with Gasteiger partial charge in [0.2, 0.25) is 0 Å². The molecule has 1 heterocycles. The van der Waals surface area contributed by atoms with Crippen LogP contribution in [0.3, 0.4) is 0 Å². The van der Waals surface area contributed by atoms with Crippen molar-refractivity contribution in [2.24, 2.45) is 5.92 Å². The van der Waals surface area contributed by atoms with Crippen LogP contribution in [0.25, 0.3) is 0 Å². The Kier molecular flexibility index (Phi) is 5.50. The third-order valence-electron chi connectivity index (χ3n) is 4.25. The van der Waals surface area contributed by atoms with Crippen LogP contribution in [0.1, 0.15) is 52.1 Å². The van der Waals surface area contributed by atoms with Crippen LogP contribution in [0.2, 0.25) is 0 Å². The Morgan fingerprint density at radius 2 is 2.15 bits per heavy atom. The van der Waals surface area contributed by atoms with Crippen molar-refractivity contribution in [3.63, 3.8) is 0 Å². The first-order valence-electron chi connectivity index (χ1n) is 7.82. The lowest BCUT2D eigenvalue weighted by Gasteiger charge is -2.29. The van der Waals surface area contributed by atoms with E-state index in [-0.39, 0.29) is 0 Å². The smallest absolute Gasteiger partial charge is 0.0417 e. The van der Waals surface area contributed by atoms with Gasteiger partial charge in [0.05, 0.1) is 0 Å². The minimum Gasteiger partial charge on any atom is -0.368 e. The average molecular weight is 339 g/mol. The number of benzene rings is 1. The molecule has 0 radical (unpaired) electrons. The first kappa shape index (κ1) is 15.8. The van der Waals surface area contributed by atoms with Crippen LogP contribution in [0, 0.1) is 5.92 Å². The van der Waals surface area contributed by atoms with Crippen LogP contribution in [0.15, 0.2) is 22.7 Å². The molecule has 0 saturated carbocycles. The highest BCUT2D eigenvalue weighted by atomic mass is 79.9. The molecule has 3 atom stereocenters. The summed E-state index contributed by atoms with van der Waals surface area (Å²) in [4.78, 5) is 2.58. The molecule has 3 unspecified atom stereocenters. The van der Waals surface area contributed by atoms with Crippen LogP contribution in [0.5, 0.6) is 0 Å². The van der Waals surface area contributed by atoms with Gasteiger partial charge in [0.25, 0.3) is 0 Å². The van der Waals surface area contributed by atoms with E-state index in [2.05, 4.69) is 72.0 Å². The SMILES string of the molecule is CCCNC(C)c1cc(Br)ccc1N1CC(C)CC1C. The summed E-state index contributed by atoms with van der Waals surface area (Å²) in [6.07, 6.45) is 2.47. The molecule has 1 aliphatic rings. The number of rotatable bonds is 5. The summed E-state index contributed by atoms with van der Waals surface area (Å²) < 4.78 is 1.17. The van der Waals surface area contributed by atoms with Gasteiger partial charge in [-0.25, -0.2) is 0 Å². The first-order valence-corrected chi connectivity index (χ1v) is 8.61. The molecule has 0 aromatic heterocycles. The Hall–Kier alpha value is -0.540. The van der Waals surface area contributed by atoms with E-state index in [9.17, 15) is 0 Å². The van der Waals surface area contributed by atoms with Gasteiger partial charge in [0.15, 0.2) is 0 Å². The number of halogens is 1. The molecule has 2 nitrogen and oxygen atoms in total. The van der Waals surface area contributed by atoms with Gasteiger partial charge in [-0.1, -0.05) is 29.8 Å². The molecule has 0 spiro atoms. The summed E-state index contributed by atoms with van der Waals surface area (Å²) in [6, 6.07) is 7.76. The third kappa shape index (κ3) is 3.56. The van der Waals surface area contributed by atoms with E-state index in [1.54, 1.807) is 0 Å². The number of nitrogens with zero attached hydrogens (tertiary/aromatic N) is 1. The molecule has 112 valence electrons. The van der Waals surface area contributed by atoms with Gasteiger partial charge in [-0.05, 0) is 62.9 Å². The van der Waals surface area contributed by atoms with Crippen molar-refractivity contribution in [1.82, 2.24) is 5.32 Å². The molecule has 0 bridgehead atoms. The largest absolute Gasteiger partial charge is 0.368 e.